The van der Waals surface area contributed by atoms with Crippen LogP contribution in [0, 0.1) is 35.5 Å². The summed E-state index contributed by atoms with van der Waals surface area (Å²) < 4.78 is 173. The molecule has 0 saturated heterocycles. The first-order valence-corrected chi connectivity index (χ1v) is 42.5. The van der Waals surface area contributed by atoms with Crippen LogP contribution in [0.2, 0.25) is 0 Å². The van der Waals surface area contributed by atoms with Gasteiger partial charge in [-0.25, -0.2) is 66.6 Å². The molecule has 11 rings (SSSR count). The van der Waals surface area contributed by atoms with Crippen LogP contribution in [0.1, 0.15) is 228 Å². The van der Waals surface area contributed by atoms with Gasteiger partial charge < -0.3 is 45.7 Å². The number of ether oxygens (including phenoxy) is 3. The number of alkyl halides is 10. The van der Waals surface area contributed by atoms with E-state index in [9.17, 15) is 105 Å². The number of fused-ring (bicyclic) bond motifs is 1. The number of Topliss-reactive ketones (excluding diaryl/α,β-unsaturated/α-hetero) is 1. The van der Waals surface area contributed by atoms with Crippen LogP contribution in [0.3, 0.4) is 0 Å². The molecule has 22 nitrogen and oxygen atoms in total. The molecule has 5 aromatic carbocycles. The summed E-state index contributed by atoms with van der Waals surface area (Å²) in [7, 11) is -2.60. The van der Waals surface area contributed by atoms with Crippen molar-refractivity contribution in [2.24, 2.45) is 35.5 Å². The van der Waals surface area contributed by atoms with Crippen LogP contribution in [0.25, 0.3) is 10.8 Å². The molecule has 125 heavy (non-hydrogen) atoms. The number of benzene rings is 5. The predicted octanol–water partition coefficient (Wildman–Crippen LogP) is 18.4. The number of anilines is 1. The van der Waals surface area contributed by atoms with E-state index in [0.717, 1.165) is 16.7 Å². The number of halogens is 11. The van der Waals surface area contributed by atoms with Crippen LogP contribution in [-0.2, 0) is 91.4 Å². The Hall–Kier alpha value is -9.60. The first-order chi connectivity index (χ1) is 56.8. The van der Waals surface area contributed by atoms with Crippen LogP contribution in [0.15, 0.2) is 132 Å². The minimum absolute atomic E-state index is 0. The maximum Gasteiger partial charge on any atom is 0.328 e. The number of ketones is 1. The second kappa shape index (κ2) is 51.9. The molecule has 4 amide bonds. The summed E-state index contributed by atoms with van der Waals surface area (Å²) in [6.07, 6.45) is 1.60. The van der Waals surface area contributed by atoms with Crippen molar-refractivity contribution in [3.8, 4) is 0 Å². The Morgan fingerprint density at radius 1 is 0.432 bits per heavy atom. The summed E-state index contributed by atoms with van der Waals surface area (Å²) in [6, 6.07) is 34.4. The number of esters is 3. The van der Waals surface area contributed by atoms with E-state index in [0.29, 0.717) is 61.8 Å². The fourth-order valence-electron chi connectivity index (χ4n) is 14.6. The molecule has 7 N–H and O–H groups in total. The number of carbonyl (C=O) groups excluding carboxylic acids is 8. The second-order valence-corrected chi connectivity index (χ2v) is 34.1. The lowest BCUT2D eigenvalue weighted by atomic mass is 9.86. The zero-order valence-corrected chi connectivity index (χ0v) is 70.3. The van der Waals surface area contributed by atoms with Gasteiger partial charge in [-0.15, -0.1) is 0 Å². The number of methoxy groups -OCH3 is 1. The van der Waals surface area contributed by atoms with Crippen molar-refractivity contribution in [3.05, 3.63) is 144 Å². The van der Waals surface area contributed by atoms with Crippen molar-refractivity contribution < 1.29 is 129 Å². The molecule has 0 aromatic heterocycles. The highest BCUT2D eigenvalue weighted by molar-refractivity contribution is 7.89. The molecule has 6 aliphatic rings. The maximum absolute atomic E-state index is 13.6. The largest absolute Gasteiger partial charge is 0.481 e. The van der Waals surface area contributed by atoms with E-state index in [1.165, 1.54) is 13.2 Å². The zero-order valence-electron chi connectivity index (χ0n) is 69.4. The molecule has 0 spiro atoms. The molecule has 0 heterocycles. The molecule has 34 heteroatoms. The highest BCUT2D eigenvalue weighted by Crippen LogP contribution is 2.41. The molecule has 0 radical (unpaired) electrons. The van der Waals surface area contributed by atoms with Crippen LogP contribution >= 0.6 is 0 Å². The quantitative estimate of drug-likeness (QED) is 0.0181. The Morgan fingerprint density at radius 3 is 1.09 bits per heavy atom. The molecule has 0 bridgehead atoms. The average Bonchev–Trinajstić information content (AvgIpc) is 0.769. The van der Waals surface area contributed by atoms with Crippen LogP contribution in [0.5, 0.6) is 0 Å². The number of carbonyl (C=O) groups is 10. The van der Waals surface area contributed by atoms with Crippen molar-refractivity contribution in [2.45, 2.75) is 288 Å². The van der Waals surface area contributed by atoms with Gasteiger partial charge in [-0.1, -0.05) is 138 Å². The lowest BCUT2D eigenvalue weighted by Crippen LogP contribution is -2.48. The molecule has 6 aliphatic carbocycles. The smallest absolute Gasteiger partial charge is 0.328 e. The normalized spacial score (nSPS) is 18.7. The number of sulfonamides is 1. The van der Waals surface area contributed by atoms with Gasteiger partial charge in [0.15, 0.2) is 0 Å². The number of carboxylic acids is 2. The average molecular weight is 1800 g/mol. The Kier molecular flexibility index (Phi) is 46.3. The summed E-state index contributed by atoms with van der Waals surface area (Å²) in [6.45, 7) is 9.53. The number of hydrogen-bond acceptors (Lipinski definition) is 15. The van der Waals surface area contributed by atoms with Gasteiger partial charge in [0, 0.05) is 136 Å². The zero-order chi connectivity index (χ0) is 89.5. The highest BCUT2D eigenvalue weighted by Gasteiger charge is 2.43. The van der Waals surface area contributed by atoms with Gasteiger partial charge in [0.2, 0.25) is 63.3 Å². The van der Waals surface area contributed by atoms with Crippen molar-refractivity contribution in [2.75, 3.05) is 25.6 Å². The molecular formula is C91H126F11N5O17S. The minimum atomic E-state index is -3.86. The SMILES string of the molecule is C.C.C.CC(C)(C)NS(=O)(=O)c1cccc2c(NC(=O)[C@H](Cc3ccccc3)NC(=O)C3CCC(F)(F)CC3)cccc12.CCOC(=O)C1CCC(=O)CC1.CCOC(=O)C1CCC(F)(F)CC1.COC(=O)[C@H](Cc1ccccc1)NC(=O)C1CCC(F)(F)CC1.F.O=C(N[C@@H](Cc1ccccc1)C(=O)O)C1CCC(F)(F)CC1.O=C(O)C1CCC(F)(F)CC1. The molecule has 700 valence electrons. The molecule has 6 fully saturated rings. The van der Waals surface area contributed by atoms with Gasteiger partial charge in [0.25, 0.3) is 0 Å². The van der Waals surface area contributed by atoms with Gasteiger partial charge in [0.1, 0.15) is 23.9 Å². The van der Waals surface area contributed by atoms with E-state index >= 15 is 0 Å². The van der Waals surface area contributed by atoms with E-state index in [1.807, 2.05) is 66.7 Å². The van der Waals surface area contributed by atoms with Crippen LogP contribution in [0.4, 0.5) is 54.3 Å². The molecule has 3 atom stereocenters. The van der Waals surface area contributed by atoms with E-state index in [2.05, 4.69) is 26.0 Å². The summed E-state index contributed by atoms with van der Waals surface area (Å²) >= 11 is 0. The number of aliphatic carboxylic acids is 2. The Balaban J connectivity index is 0.000000539. The number of hydrogen-bond donors (Lipinski definition) is 7. The third-order valence-electron chi connectivity index (χ3n) is 21.6. The van der Waals surface area contributed by atoms with Crippen molar-refractivity contribution in [3.63, 3.8) is 0 Å². The third kappa shape index (κ3) is 39.0. The van der Waals surface area contributed by atoms with Gasteiger partial charge in [-0.3, -0.25) is 43.1 Å². The summed E-state index contributed by atoms with van der Waals surface area (Å²) in [5.41, 5.74) is 2.20. The van der Waals surface area contributed by atoms with E-state index < -0.39 is 123 Å². The molecule has 5 aromatic rings. The molecule has 0 unspecified atom stereocenters. The van der Waals surface area contributed by atoms with E-state index in [4.69, 9.17) is 19.3 Å². The van der Waals surface area contributed by atoms with E-state index in [-0.39, 0.29) is 209 Å². The van der Waals surface area contributed by atoms with Crippen LogP contribution < -0.4 is 26.0 Å². The first-order valence-electron chi connectivity index (χ1n) is 41.0. The highest BCUT2D eigenvalue weighted by atomic mass is 32.2. The van der Waals surface area contributed by atoms with Crippen molar-refractivity contribution >= 4 is 85.7 Å². The maximum atomic E-state index is 13.6. The Morgan fingerprint density at radius 2 is 0.744 bits per heavy atom. The summed E-state index contributed by atoms with van der Waals surface area (Å²) in [4.78, 5) is 118. The van der Waals surface area contributed by atoms with Crippen molar-refractivity contribution in [1.29, 1.82) is 0 Å². The fraction of sp³-hybridized carbons (Fsp3) is 0.582. The number of carboxylic acid groups (broad SMARTS) is 2. The topological polar surface area (TPSA) is 333 Å². The molecular weight excluding hydrogens is 1680 g/mol. The van der Waals surface area contributed by atoms with Gasteiger partial charge in [-0.05, 0) is 140 Å². The Labute approximate surface area is 726 Å². The Bertz CT molecular complexity index is 4300. The number of rotatable bonds is 23. The lowest BCUT2D eigenvalue weighted by molar-refractivity contribution is -0.152. The standard InChI is InChI=1S/C30H35F2N3O4S.C17H21F2NO3.C16H19F2NO3.C9H14F2O2.C9H14O3.C7H10F2O2.3CH4.FH/c1-29(2,3)35-40(38,39)26-14-8-11-22-23(26)12-7-13-24(22)33-28(37)25(19-20-9-5-4-6-10-20)34-27(36)21-15-17-30(31,32)18-16-21;1-23-16(22)14(11-12-5-3-2-4-6-12)20-15(21)13-7-9-17(18,19)10-8-13;17-16(18)8-6-12(7-9-16)14(20)19-13(15(21)22)10-11-4-2-1-3-5-11;1-2-13-8(12)7-3-5-9(10,11)6-4-7;1-2-12-9(11)7-3-5-8(10)6-4-7;8-7(9)3-1-5(2-4-7)6(10)11;;;;/h4-14,21,25,35H,15-19H2,1-3H3,(H,33,37)(H,34,36);2-6,13-14H,7-11H2,1H3,(H,20,21);1-5,12-13H,6-10H2,(H,19,20)(H,21,22);7H,2-6H2,1H3;7H,2-6H2,1H3;5H,1-4H2,(H,10,11);3*1H4;1H/t25-;14-;13-;;;;;;;/m000......./s1. The molecule has 0 aliphatic heterocycles. The monoisotopic (exact) mass is 1800 g/mol. The van der Waals surface area contributed by atoms with Gasteiger partial charge in [-0.2, -0.15) is 0 Å². The lowest BCUT2D eigenvalue weighted by Gasteiger charge is -2.29. The van der Waals surface area contributed by atoms with Gasteiger partial charge >= 0.3 is 29.8 Å². The van der Waals surface area contributed by atoms with Crippen LogP contribution in [-0.4, -0.2) is 151 Å². The summed E-state index contributed by atoms with van der Waals surface area (Å²) in [5, 5.41) is 29.4. The van der Waals surface area contributed by atoms with Gasteiger partial charge in [0.05, 0.1) is 43.0 Å². The molecule has 6 saturated carbocycles. The summed E-state index contributed by atoms with van der Waals surface area (Å²) in [5.74, 6) is -20.3. The van der Waals surface area contributed by atoms with E-state index in [1.54, 1.807) is 89.2 Å². The fourth-order valence-corrected chi connectivity index (χ4v) is 16.3. The number of amides is 4. The third-order valence-corrected chi connectivity index (χ3v) is 23.4. The first kappa shape index (κ1) is 111. The van der Waals surface area contributed by atoms with Crippen molar-refractivity contribution in [1.82, 2.24) is 20.7 Å². The predicted molar refractivity (Wildman–Crippen MR) is 454 cm³/mol. The number of nitrogens with one attached hydrogen (secondary N) is 5. The minimum Gasteiger partial charge on any atom is -0.481 e. The second-order valence-electron chi connectivity index (χ2n) is 32.4.